The molecule has 0 saturated heterocycles. The van der Waals surface area contributed by atoms with Gasteiger partial charge in [0, 0.05) is 25.6 Å². The van der Waals surface area contributed by atoms with Crippen LogP contribution in [0.15, 0.2) is 16.8 Å². The Morgan fingerprint density at radius 3 is 2.92 bits per heavy atom. The van der Waals surface area contributed by atoms with Gasteiger partial charge in [-0.15, -0.1) is 0 Å². The number of hydrogen-bond acceptors (Lipinski definition) is 2. The SMILES string of the molecule is COCCCC1=NC=C(C)CC1. The number of ether oxygens (including phenoxy) is 1. The molecule has 0 aromatic rings. The van der Waals surface area contributed by atoms with Crippen LogP contribution in [0.1, 0.15) is 32.6 Å². The second-order valence-corrected chi connectivity index (χ2v) is 3.27. The molecule has 1 heterocycles. The van der Waals surface area contributed by atoms with Gasteiger partial charge in [0.2, 0.25) is 0 Å². The fraction of sp³-hybridized carbons (Fsp3) is 0.700. The Morgan fingerprint density at radius 2 is 2.33 bits per heavy atom. The van der Waals surface area contributed by atoms with Crippen LogP contribution in [0.5, 0.6) is 0 Å². The average Bonchev–Trinajstić information content (AvgIpc) is 2.09. The van der Waals surface area contributed by atoms with Crippen LogP contribution >= 0.6 is 0 Å². The van der Waals surface area contributed by atoms with Crippen molar-refractivity contribution in [2.75, 3.05) is 13.7 Å². The molecule has 0 N–H and O–H groups in total. The van der Waals surface area contributed by atoms with E-state index in [0.717, 1.165) is 25.9 Å². The Bertz CT molecular complexity index is 194. The van der Waals surface area contributed by atoms with Crippen LogP contribution in [0.4, 0.5) is 0 Å². The van der Waals surface area contributed by atoms with Gasteiger partial charge in [-0.2, -0.15) is 0 Å². The zero-order valence-corrected chi connectivity index (χ0v) is 7.97. The summed E-state index contributed by atoms with van der Waals surface area (Å²) >= 11 is 0. The zero-order chi connectivity index (χ0) is 8.81. The first-order valence-corrected chi connectivity index (χ1v) is 4.53. The fourth-order valence-corrected chi connectivity index (χ4v) is 1.28. The Morgan fingerprint density at radius 1 is 1.50 bits per heavy atom. The first kappa shape index (κ1) is 9.46. The van der Waals surface area contributed by atoms with Gasteiger partial charge in [0.25, 0.3) is 0 Å². The molecular formula is C10H17NO. The highest BCUT2D eigenvalue weighted by molar-refractivity contribution is 5.85. The molecule has 0 saturated carbocycles. The summed E-state index contributed by atoms with van der Waals surface area (Å²) in [7, 11) is 1.74. The Labute approximate surface area is 74.3 Å². The largest absolute Gasteiger partial charge is 0.385 e. The summed E-state index contributed by atoms with van der Waals surface area (Å²) in [5.74, 6) is 0. The van der Waals surface area contributed by atoms with E-state index >= 15 is 0 Å². The van der Waals surface area contributed by atoms with E-state index in [4.69, 9.17) is 4.74 Å². The summed E-state index contributed by atoms with van der Waals surface area (Å²) in [5.41, 5.74) is 2.73. The number of aliphatic imine (C=N–C) groups is 1. The molecule has 1 rings (SSSR count). The number of nitrogens with zero attached hydrogens (tertiary/aromatic N) is 1. The zero-order valence-electron chi connectivity index (χ0n) is 7.97. The van der Waals surface area contributed by atoms with Crippen molar-refractivity contribution in [1.82, 2.24) is 0 Å². The number of allylic oxidation sites excluding steroid dienone is 1. The molecule has 0 spiro atoms. The van der Waals surface area contributed by atoms with Crippen LogP contribution in [0.25, 0.3) is 0 Å². The monoisotopic (exact) mass is 167 g/mol. The van der Waals surface area contributed by atoms with Gasteiger partial charge >= 0.3 is 0 Å². The standard InChI is InChI=1S/C10H17NO/c1-9-5-6-10(11-8-9)4-3-7-12-2/h8H,3-7H2,1-2H3. The Hall–Kier alpha value is -0.630. The maximum absolute atomic E-state index is 4.98. The molecule has 0 fully saturated rings. The van der Waals surface area contributed by atoms with Crippen molar-refractivity contribution in [2.24, 2.45) is 4.99 Å². The van der Waals surface area contributed by atoms with Crippen LogP contribution in [-0.4, -0.2) is 19.4 Å². The lowest BCUT2D eigenvalue weighted by atomic mass is 10.0. The summed E-state index contributed by atoms with van der Waals surface area (Å²) in [6.45, 7) is 2.98. The quantitative estimate of drug-likeness (QED) is 0.590. The van der Waals surface area contributed by atoms with Crippen LogP contribution < -0.4 is 0 Å². The van der Waals surface area contributed by atoms with Gasteiger partial charge < -0.3 is 4.74 Å². The highest BCUT2D eigenvalue weighted by atomic mass is 16.5. The minimum absolute atomic E-state index is 0.849. The van der Waals surface area contributed by atoms with E-state index in [1.807, 2.05) is 6.20 Å². The van der Waals surface area contributed by atoms with E-state index in [9.17, 15) is 0 Å². The predicted molar refractivity (Wildman–Crippen MR) is 51.5 cm³/mol. The van der Waals surface area contributed by atoms with Crippen molar-refractivity contribution in [3.63, 3.8) is 0 Å². The van der Waals surface area contributed by atoms with E-state index in [1.54, 1.807) is 7.11 Å². The molecule has 0 aromatic heterocycles. The summed E-state index contributed by atoms with van der Waals surface area (Å²) in [6, 6.07) is 0. The van der Waals surface area contributed by atoms with Gasteiger partial charge in [-0.05, 0) is 32.6 Å². The average molecular weight is 167 g/mol. The molecule has 2 heteroatoms. The van der Waals surface area contributed by atoms with Gasteiger partial charge in [-0.1, -0.05) is 5.57 Å². The maximum atomic E-state index is 4.98. The Kier molecular flexibility index (Phi) is 4.01. The van der Waals surface area contributed by atoms with Crippen molar-refractivity contribution in [3.8, 4) is 0 Å². The molecule has 0 radical (unpaired) electrons. The second-order valence-electron chi connectivity index (χ2n) is 3.27. The minimum atomic E-state index is 0.849. The van der Waals surface area contributed by atoms with Crippen molar-refractivity contribution in [2.45, 2.75) is 32.6 Å². The van der Waals surface area contributed by atoms with Gasteiger partial charge in [0.15, 0.2) is 0 Å². The fourth-order valence-electron chi connectivity index (χ4n) is 1.28. The van der Waals surface area contributed by atoms with Crippen LogP contribution in [0.2, 0.25) is 0 Å². The van der Waals surface area contributed by atoms with Crippen molar-refractivity contribution >= 4 is 5.71 Å². The number of methoxy groups -OCH3 is 1. The van der Waals surface area contributed by atoms with Gasteiger partial charge in [0.1, 0.15) is 0 Å². The minimum Gasteiger partial charge on any atom is -0.385 e. The van der Waals surface area contributed by atoms with E-state index in [2.05, 4.69) is 11.9 Å². The van der Waals surface area contributed by atoms with Crippen LogP contribution in [0.3, 0.4) is 0 Å². The lowest BCUT2D eigenvalue weighted by Crippen LogP contribution is -2.03. The van der Waals surface area contributed by atoms with Gasteiger partial charge in [0.05, 0.1) is 0 Å². The van der Waals surface area contributed by atoms with Gasteiger partial charge in [-0.3, -0.25) is 4.99 Å². The van der Waals surface area contributed by atoms with E-state index < -0.39 is 0 Å². The third kappa shape index (κ3) is 3.18. The molecule has 0 bridgehead atoms. The highest BCUT2D eigenvalue weighted by Gasteiger charge is 2.03. The van der Waals surface area contributed by atoms with E-state index in [0.29, 0.717) is 0 Å². The Balaban J connectivity index is 2.24. The first-order valence-electron chi connectivity index (χ1n) is 4.53. The molecule has 0 aliphatic carbocycles. The molecule has 0 aromatic carbocycles. The summed E-state index contributed by atoms with van der Waals surface area (Å²) in [6.07, 6.45) is 6.52. The highest BCUT2D eigenvalue weighted by Crippen LogP contribution is 2.13. The normalized spacial score (nSPS) is 17.2. The van der Waals surface area contributed by atoms with E-state index in [1.165, 1.54) is 17.7 Å². The smallest absolute Gasteiger partial charge is 0.0465 e. The van der Waals surface area contributed by atoms with E-state index in [-0.39, 0.29) is 0 Å². The van der Waals surface area contributed by atoms with Gasteiger partial charge in [-0.25, -0.2) is 0 Å². The maximum Gasteiger partial charge on any atom is 0.0465 e. The molecule has 0 unspecified atom stereocenters. The summed E-state index contributed by atoms with van der Waals surface area (Å²) in [4.78, 5) is 4.38. The lowest BCUT2D eigenvalue weighted by molar-refractivity contribution is 0.196. The molecule has 0 atom stereocenters. The third-order valence-corrected chi connectivity index (χ3v) is 2.09. The molecule has 1 aliphatic rings. The molecule has 1 aliphatic heterocycles. The molecule has 0 amide bonds. The molecule has 2 nitrogen and oxygen atoms in total. The summed E-state index contributed by atoms with van der Waals surface area (Å²) < 4.78 is 4.98. The van der Waals surface area contributed by atoms with Crippen molar-refractivity contribution in [3.05, 3.63) is 11.8 Å². The summed E-state index contributed by atoms with van der Waals surface area (Å²) in [5, 5.41) is 0. The number of rotatable bonds is 4. The van der Waals surface area contributed by atoms with Crippen LogP contribution in [0, 0.1) is 0 Å². The van der Waals surface area contributed by atoms with Crippen molar-refractivity contribution in [1.29, 1.82) is 0 Å². The molecule has 12 heavy (non-hydrogen) atoms. The predicted octanol–water partition coefficient (Wildman–Crippen LogP) is 2.55. The second kappa shape index (κ2) is 5.09. The molecular weight excluding hydrogens is 150 g/mol. The first-order chi connectivity index (χ1) is 5.83. The molecule has 68 valence electrons. The lowest BCUT2D eigenvalue weighted by Gasteiger charge is -2.09. The topological polar surface area (TPSA) is 21.6 Å². The van der Waals surface area contributed by atoms with Crippen molar-refractivity contribution < 1.29 is 4.74 Å². The van der Waals surface area contributed by atoms with Crippen LogP contribution in [-0.2, 0) is 4.74 Å². The number of hydrogen-bond donors (Lipinski definition) is 0. The third-order valence-electron chi connectivity index (χ3n) is 2.09.